The number of rotatable bonds is 5. The standard InChI is InChI=1S/C24H28N4O/c1-5-17(2)21(12-11-20-8-7-13-25-15-20)14-18(3)24(29)26-23-16-28(27-19(23)4)22-9-6-10-22/h5,8,14-16,22H,1,6-7,9-10,13H2,2-4H3,(H,26,29)/b18-14+,21-17-. The molecule has 150 valence electrons. The second kappa shape index (κ2) is 9.38. The number of hydrogen-bond acceptors (Lipinski definition) is 3. The van der Waals surface area contributed by atoms with Crippen molar-refractivity contribution in [2.45, 2.75) is 52.5 Å². The molecule has 0 saturated heterocycles. The van der Waals surface area contributed by atoms with Gasteiger partial charge in [0, 0.05) is 35.7 Å². The Kier molecular flexibility index (Phi) is 6.66. The highest BCUT2D eigenvalue weighted by atomic mass is 16.1. The van der Waals surface area contributed by atoms with E-state index in [-0.39, 0.29) is 5.91 Å². The first-order valence-corrected chi connectivity index (χ1v) is 10.1. The highest BCUT2D eigenvalue weighted by Gasteiger charge is 2.21. The van der Waals surface area contributed by atoms with Crippen LogP contribution in [0.1, 0.15) is 51.3 Å². The second-order valence-corrected chi connectivity index (χ2v) is 7.51. The monoisotopic (exact) mass is 388 g/mol. The van der Waals surface area contributed by atoms with Crippen LogP contribution in [0.15, 0.2) is 58.3 Å². The Morgan fingerprint density at radius 1 is 1.38 bits per heavy atom. The van der Waals surface area contributed by atoms with E-state index in [4.69, 9.17) is 0 Å². The number of allylic oxidation sites excluding steroid dienone is 5. The van der Waals surface area contributed by atoms with Gasteiger partial charge in [0.05, 0.1) is 17.4 Å². The Bertz CT molecular complexity index is 988. The van der Waals surface area contributed by atoms with Gasteiger partial charge in [0.1, 0.15) is 0 Å². The fourth-order valence-electron chi connectivity index (χ4n) is 3.04. The van der Waals surface area contributed by atoms with E-state index >= 15 is 0 Å². The Labute approximate surface area is 173 Å². The van der Waals surface area contributed by atoms with Crippen LogP contribution in [0.3, 0.4) is 0 Å². The molecule has 0 atom stereocenters. The van der Waals surface area contributed by atoms with Crippen LogP contribution in [-0.4, -0.2) is 28.4 Å². The van der Waals surface area contributed by atoms with Crippen molar-refractivity contribution in [3.05, 3.63) is 59.0 Å². The molecule has 0 radical (unpaired) electrons. The molecule has 5 heteroatoms. The number of dihydropyridines is 1. The van der Waals surface area contributed by atoms with Crippen molar-refractivity contribution in [3.8, 4) is 11.8 Å². The number of hydrogen-bond donors (Lipinski definition) is 1. The summed E-state index contributed by atoms with van der Waals surface area (Å²) >= 11 is 0. The summed E-state index contributed by atoms with van der Waals surface area (Å²) in [6.07, 6.45) is 13.8. The molecule has 29 heavy (non-hydrogen) atoms. The van der Waals surface area contributed by atoms with E-state index in [9.17, 15) is 4.79 Å². The zero-order valence-electron chi connectivity index (χ0n) is 17.5. The Morgan fingerprint density at radius 2 is 2.17 bits per heavy atom. The third kappa shape index (κ3) is 5.23. The number of aromatic nitrogens is 2. The van der Waals surface area contributed by atoms with Gasteiger partial charge >= 0.3 is 0 Å². The Morgan fingerprint density at radius 3 is 2.79 bits per heavy atom. The molecular formula is C24H28N4O. The molecule has 5 nitrogen and oxygen atoms in total. The normalized spacial score (nSPS) is 17.5. The van der Waals surface area contributed by atoms with Gasteiger partial charge in [0.2, 0.25) is 0 Å². The number of amides is 1. The van der Waals surface area contributed by atoms with E-state index in [1.165, 1.54) is 6.42 Å². The van der Waals surface area contributed by atoms with E-state index in [1.807, 2.05) is 30.8 Å². The third-order valence-electron chi connectivity index (χ3n) is 5.26. The first-order valence-electron chi connectivity index (χ1n) is 10.1. The molecule has 1 saturated carbocycles. The predicted octanol–water partition coefficient (Wildman–Crippen LogP) is 4.71. The summed E-state index contributed by atoms with van der Waals surface area (Å²) in [5.41, 5.74) is 4.77. The maximum absolute atomic E-state index is 12.7. The van der Waals surface area contributed by atoms with Crippen LogP contribution in [-0.2, 0) is 4.79 Å². The van der Waals surface area contributed by atoms with Crippen LogP contribution >= 0.6 is 0 Å². The Balaban J connectivity index is 1.76. The molecule has 2 aliphatic rings. The molecule has 3 rings (SSSR count). The average molecular weight is 389 g/mol. The lowest BCUT2D eigenvalue weighted by Crippen LogP contribution is -2.17. The van der Waals surface area contributed by atoms with Crippen LogP contribution in [0.2, 0.25) is 0 Å². The molecule has 0 aromatic carbocycles. The number of carbonyl (C=O) groups is 1. The predicted molar refractivity (Wildman–Crippen MR) is 119 cm³/mol. The van der Waals surface area contributed by atoms with Gasteiger partial charge in [-0.15, -0.1) is 0 Å². The molecule has 1 fully saturated rings. The van der Waals surface area contributed by atoms with Crippen LogP contribution in [0, 0.1) is 18.8 Å². The fraction of sp³-hybridized carbons (Fsp3) is 0.375. The van der Waals surface area contributed by atoms with Gasteiger partial charge in [0.25, 0.3) is 5.91 Å². The molecule has 1 N–H and O–H groups in total. The minimum absolute atomic E-state index is 0.157. The van der Waals surface area contributed by atoms with Gasteiger partial charge in [-0.25, -0.2) is 0 Å². The van der Waals surface area contributed by atoms with Gasteiger partial charge in [-0.1, -0.05) is 30.6 Å². The molecule has 1 aliphatic heterocycles. The number of nitrogens with one attached hydrogen (secondary N) is 1. The number of nitrogens with zero attached hydrogens (tertiary/aromatic N) is 3. The second-order valence-electron chi connectivity index (χ2n) is 7.51. The van der Waals surface area contributed by atoms with E-state index in [2.05, 4.69) is 39.9 Å². The van der Waals surface area contributed by atoms with Gasteiger partial charge in [-0.3, -0.25) is 14.5 Å². The molecule has 1 amide bonds. The smallest absolute Gasteiger partial charge is 0.251 e. The van der Waals surface area contributed by atoms with Crippen molar-refractivity contribution in [1.29, 1.82) is 0 Å². The van der Waals surface area contributed by atoms with Crippen molar-refractivity contribution in [2.75, 3.05) is 11.9 Å². The summed E-state index contributed by atoms with van der Waals surface area (Å²) in [5.74, 6) is 6.14. The minimum Gasteiger partial charge on any atom is -0.319 e. The van der Waals surface area contributed by atoms with Crippen molar-refractivity contribution in [1.82, 2.24) is 9.78 Å². The molecule has 0 unspecified atom stereocenters. The summed E-state index contributed by atoms with van der Waals surface area (Å²) < 4.78 is 1.98. The molecule has 1 aliphatic carbocycles. The fourth-order valence-corrected chi connectivity index (χ4v) is 3.04. The number of carbonyl (C=O) groups excluding carboxylic acids is 1. The van der Waals surface area contributed by atoms with Crippen molar-refractivity contribution >= 4 is 17.8 Å². The maximum Gasteiger partial charge on any atom is 0.251 e. The minimum atomic E-state index is -0.157. The van der Waals surface area contributed by atoms with Crippen LogP contribution in [0.25, 0.3) is 0 Å². The summed E-state index contributed by atoms with van der Waals surface area (Å²) in [5, 5.41) is 7.53. The SMILES string of the molecule is C=C/C(C)=C(C#CC1=CCCN=C1)\C=C(/C)C(=O)Nc1cn(C2CCC2)nc1C. The van der Waals surface area contributed by atoms with E-state index in [0.717, 1.165) is 53.9 Å². The average Bonchev–Trinajstić information content (AvgIpc) is 3.03. The van der Waals surface area contributed by atoms with Gasteiger partial charge in [-0.05, 0) is 58.1 Å². The molecule has 1 aromatic rings. The maximum atomic E-state index is 12.7. The molecule has 0 spiro atoms. The molecule has 1 aromatic heterocycles. The van der Waals surface area contributed by atoms with Crippen LogP contribution in [0.5, 0.6) is 0 Å². The van der Waals surface area contributed by atoms with Crippen molar-refractivity contribution in [2.24, 2.45) is 4.99 Å². The van der Waals surface area contributed by atoms with Gasteiger partial charge in [-0.2, -0.15) is 5.10 Å². The van der Waals surface area contributed by atoms with E-state index in [0.29, 0.717) is 11.6 Å². The van der Waals surface area contributed by atoms with Crippen molar-refractivity contribution < 1.29 is 4.79 Å². The van der Waals surface area contributed by atoms with Gasteiger partial charge in [0.15, 0.2) is 0 Å². The Hall–Kier alpha value is -3.13. The lowest BCUT2D eigenvalue weighted by molar-refractivity contribution is -0.112. The molecule has 0 bridgehead atoms. The van der Waals surface area contributed by atoms with Crippen LogP contribution in [0.4, 0.5) is 5.69 Å². The van der Waals surface area contributed by atoms with Crippen LogP contribution < -0.4 is 5.32 Å². The topological polar surface area (TPSA) is 59.3 Å². The lowest BCUT2D eigenvalue weighted by atomic mass is 9.93. The molecular weight excluding hydrogens is 360 g/mol. The summed E-state index contributed by atoms with van der Waals surface area (Å²) in [6, 6.07) is 0.466. The largest absolute Gasteiger partial charge is 0.319 e. The highest BCUT2D eigenvalue weighted by molar-refractivity contribution is 6.04. The molecule has 2 heterocycles. The van der Waals surface area contributed by atoms with E-state index < -0.39 is 0 Å². The highest BCUT2D eigenvalue weighted by Crippen LogP contribution is 2.32. The number of aryl methyl sites for hydroxylation is 1. The third-order valence-corrected chi connectivity index (χ3v) is 5.26. The summed E-state index contributed by atoms with van der Waals surface area (Å²) in [4.78, 5) is 17.0. The van der Waals surface area contributed by atoms with E-state index in [1.54, 1.807) is 19.2 Å². The first-order chi connectivity index (χ1) is 14.0. The zero-order chi connectivity index (χ0) is 20.8. The van der Waals surface area contributed by atoms with Gasteiger partial charge < -0.3 is 5.32 Å². The van der Waals surface area contributed by atoms with Crippen molar-refractivity contribution in [3.63, 3.8) is 0 Å². The zero-order valence-corrected chi connectivity index (χ0v) is 17.5. The first kappa shape index (κ1) is 20.6. The number of aliphatic imine (C=N–C) groups is 1. The number of anilines is 1. The summed E-state index contributed by atoms with van der Waals surface area (Å²) in [7, 11) is 0. The quantitative estimate of drug-likeness (QED) is 0.451. The summed E-state index contributed by atoms with van der Waals surface area (Å²) in [6.45, 7) is 10.3. The lowest BCUT2D eigenvalue weighted by Gasteiger charge is -2.25.